The molecule has 0 amide bonds. The molecule has 0 radical (unpaired) electrons. The van der Waals surface area contributed by atoms with Gasteiger partial charge in [-0.2, -0.15) is 0 Å². The predicted octanol–water partition coefficient (Wildman–Crippen LogP) is 11.0. The van der Waals surface area contributed by atoms with Crippen molar-refractivity contribution < 1.29 is 9.53 Å². The van der Waals surface area contributed by atoms with Gasteiger partial charge in [0.25, 0.3) is 0 Å². The molecule has 0 unspecified atom stereocenters. The number of unbranched alkanes of at least 4 members (excludes halogenated alkanes) is 19. The number of ether oxygens (including phenoxy) is 1. The highest BCUT2D eigenvalue weighted by Crippen LogP contribution is 2.11. The summed E-state index contributed by atoms with van der Waals surface area (Å²) in [5, 5.41) is 0. The molecule has 0 rings (SSSR count). The molecule has 2 heteroatoms. The number of carbonyl (C=O) groups is 1. The zero-order valence-corrected chi connectivity index (χ0v) is 23.3. The second-order valence-electron chi connectivity index (χ2n) is 10.1. The maximum atomic E-state index is 11.8. The Balaban J connectivity index is 3.23. The highest BCUT2D eigenvalue weighted by Gasteiger charge is 2.02. The average molecular weight is 477 g/mol. The third-order valence-electron chi connectivity index (χ3n) is 6.56. The number of rotatable bonds is 27. The molecule has 0 aliphatic heterocycles. The van der Waals surface area contributed by atoms with Gasteiger partial charge in [-0.05, 0) is 64.2 Å². The van der Waals surface area contributed by atoms with Crippen LogP contribution < -0.4 is 0 Å². The molecule has 0 fully saturated rings. The van der Waals surface area contributed by atoms with Crippen LogP contribution in [0.25, 0.3) is 0 Å². The maximum absolute atomic E-state index is 11.8. The van der Waals surface area contributed by atoms with Crippen molar-refractivity contribution >= 4 is 5.97 Å². The zero-order chi connectivity index (χ0) is 24.8. The third-order valence-corrected chi connectivity index (χ3v) is 6.56. The number of allylic oxidation sites excluding steroid dienone is 4. The molecule has 0 heterocycles. The maximum Gasteiger partial charge on any atom is 0.305 e. The van der Waals surface area contributed by atoms with E-state index in [-0.39, 0.29) is 5.97 Å². The van der Waals surface area contributed by atoms with E-state index in [9.17, 15) is 4.79 Å². The standard InChI is InChI=1S/C32H60O2/c1-3-5-7-9-11-13-15-17-19-21-23-25-27-29-31-34-32(33)30-28-26-24-22-20-18-16-14-12-10-8-6-4-2/h13-16H,3-12,17-31H2,1-2H3. The van der Waals surface area contributed by atoms with Gasteiger partial charge in [-0.15, -0.1) is 0 Å². The van der Waals surface area contributed by atoms with E-state index < -0.39 is 0 Å². The summed E-state index contributed by atoms with van der Waals surface area (Å²) in [5.74, 6) is 0.00693. The van der Waals surface area contributed by atoms with Crippen LogP contribution in [0.2, 0.25) is 0 Å². The first-order valence-corrected chi connectivity index (χ1v) is 15.3. The molecular weight excluding hydrogens is 416 g/mol. The first-order valence-electron chi connectivity index (χ1n) is 15.3. The fourth-order valence-corrected chi connectivity index (χ4v) is 4.24. The summed E-state index contributed by atoms with van der Waals surface area (Å²) in [6, 6.07) is 0. The van der Waals surface area contributed by atoms with Crippen molar-refractivity contribution in [2.24, 2.45) is 0 Å². The average Bonchev–Trinajstić information content (AvgIpc) is 2.84. The Morgan fingerprint density at radius 3 is 1.26 bits per heavy atom. The summed E-state index contributed by atoms with van der Waals surface area (Å²) < 4.78 is 5.40. The van der Waals surface area contributed by atoms with Gasteiger partial charge in [0, 0.05) is 6.42 Å². The summed E-state index contributed by atoms with van der Waals surface area (Å²) in [6.07, 6.45) is 39.3. The van der Waals surface area contributed by atoms with E-state index in [1.165, 1.54) is 128 Å². The van der Waals surface area contributed by atoms with Gasteiger partial charge in [0.1, 0.15) is 0 Å². The van der Waals surface area contributed by atoms with Crippen LogP contribution in [0.1, 0.15) is 168 Å². The first-order chi connectivity index (χ1) is 16.8. The Morgan fingerprint density at radius 2 is 0.824 bits per heavy atom. The highest BCUT2D eigenvalue weighted by molar-refractivity contribution is 5.69. The van der Waals surface area contributed by atoms with Crippen LogP contribution in [0, 0.1) is 0 Å². The molecule has 0 aromatic carbocycles. The Hall–Kier alpha value is -1.05. The minimum absolute atomic E-state index is 0.00693. The van der Waals surface area contributed by atoms with Crippen LogP contribution in [0.3, 0.4) is 0 Å². The summed E-state index contributed by atoms with van der Waals surface area (Å²) in [5.41, 5.74) is 0. The van der Waals surface area contributed by atoms with Crippen LogP contribution in [-0.4, -0.2) is 12.6 Å². The van der Waals surface area contributed by atoms with Gasteiger partial charge < -0.3 is 4.74 Å². The van der Waals surface area contributed by atoms with Crippen LogP contribution in [-0.2, 0) is 9.53 Å². The molecule has 0 saturated heterocycles. The monoisotopic (exact) mass is 476 g/mol. The second-order valence-corrected chi connectivity index (χ2v) is 10.1. The van der Waals surface area contributed by atoms with Gasteiger partial charge in [0.15, 0.2) is 0 Å². The van der Waals surface area contributed by atoms with Gasteiger partial charge in [0.2, 0.25) is 0 Å². The van der Waals surface area contributed by atoms with Crippen molar-refractivity contribution in [3.8, 4) is 0 Å². The Kier molecular flexibility index (Phi) is 29.1. The molecule has 0 bridgehead atoms. The molecule has 0 aromatic heterocycles. The van der Waals surface area contributed by atoms with Crippen LogP contribution >= 0.6 is 0 Å². The summed E-state index contributed by atoms with van der Waals surface area (Å²) in [7, 11) is 0. The van der Waals surface area contributed by atoms with Gasteiger partial charge in [-0.1, -0.05) is 122 Å². The van der Waals surface area contributed by atoms with E-state index in [1.54, 1.807) is 0 Å². The highest BCUT2D eigenvalue weighted by atomic mass is 16.5. The Labute approximate surface area is 214 Å². The van der Waals surface area contributed by atoms with Crippen molar-refractivity contribution in [1.29, 1.82) is 0 Å². The molecule has 34 heavy (non-hydrogen) atoms. The van der Waals surface area contributed by atoms with E-state index in [1.807, 2.05) is 0 Å². The first kappa shape index (κ1) is 33.0. The lowest BCUT2D eigenvalue weighted by atomic mass is 10.1. The molecule has 200 valence electrons. The molecule has 0 atom stereocenters. The fourth-order valence-electron chi connectivity index (χ4n) is 4.24. The zero-order valence-electron chi connectivity index (χ0n) is 23.3. The van der Waals surface area contributed by atoms with E-state index in [0.717, 1.165) is 19.3 Å². The fraction of sp³-hybridized carbons (Fsp3) is 0.844. The van der Waals surface area contributed by atoms with Crippen molar-refractivity contribution in [3.05, 3.63) is 24.3 Å². The SMILES string of the molecule is CCCCCCC=CCCCCCCCCOC(=O)CCCCCCCC=CCCCCCC. The van der Waals surface area contributed by atoms with E-state index in [0.29, 0.717) is 13.0 Å². The molecule has 0 saturated carbocycles. The van der Waals surface area contributed by atoms with Crippen LogP contribution in [0.15, 0.2) is 24.3 Å². The Morgan fingerprint density at radius 1 is 0.471 bits per heavy atom. The normalized spacial score (nSPS) is 11.7. The van der Waals surface area contributed by atoms with Crippen molar-refractivity contribution in [1.82, 2.24) is 0 Å². The number of hydrogen-bond acceptors (Lipinski definition) is 2. The smallest absolute Gasteiger partial charge is 0.305 e. The largest absolute Gasteiger partial charge is 0.466 e. The van der Waals surface area contributed by atoms with Crippen molar-refractivity contribution in [2.45, 2.75) is 168 Å². The quantitative estimate of drug-likeness (QED) is 0.0669. The van der Waals surface area contributed by atoms with Crippen molar-refractivity contribution in [2.75, 3.05) is 6.61 Å². The molecule has 0 N–H and O–H groups in total. The van der Waals surface area contributed by atoms with Crippen LogP contribution in [0.5, 0.6) is 0 Å². The van der Waals surface area contributed by atoms with Gasteiger partial charge in [-0.25, -0.2) is 0 Å². The molecule has 0 aliphatic rings. The lowest BCUT2D eigenvalue weighted by molar-refractivity contribution is -0.143. The molecule has 0 aromatic rings. The summed E-state index contributed by atoms with van der Waals surface area (Å²) >= 11 is 0. The summed E-state index contributed by atoms with van der Waals surface area (Å²) in [4.78, 5) is 11.8. The van der Waals surface area contributed by atoms with E-state index in [2.05, 4.69) is 38.2 Å². The lowest BCUT2D eigenvalue weighted by Gasteiger charge is -2.05. The van der Waals surface area contributed by atoms with Gasteiger partial charge >= 0.3 is 5.97 Å². The van der Waals surface area contributed by atoms with Crippen LogP contribution in [0.4, 0.5) is 0 Å². The number of esters is 1. The number of carbonyl (C=O) groups excluding carboxylic acids is 1. The summed E-state index contributed by atoms with van der Waals surface area (Å²) in [6.45, 7) is 5.14. The number of hydrogen-bond donors (Lipinski definition) is 0. The minimum Gasteiger partial charge on any atom is -0.466 e. The molecule has 0 spiro atoms. The third kappa shape index (κ3) is 29.0. The van der Waals surface area contributed by atoms with E-state index >= 15 is 0 Å². The minimum atomic E-state index is 0.00693. The van der Waals surface area contributed by atoms with Gasteiger partial charge in [-0.3, -0.25) is 4.79 Å². The van der Waals surface area contributed by atoms with E-state index in [4.69, 9.17) is 4.74 Å². The van der Waals surface area contributed by atoms with Gasteiger partial charge in [0.05, 0.1) is 6.61 Å². The van der Waals surface area contributed by atoms with Crippen molar-refractivity contribution in [3.63, 3.8) is 0 Å². The lowest BCUT2D eigenvalue weighted by Crippen LogP contribution is -2.05. The molecule has 2 nitrogen and oxygen atoms in total. The second kappa shape index (κ2) is 30.0. The predicted molar refractivity (Wildman–Crippen MR) is 151 cm³/mol. The molecule has 0 aliphatic carbocycles. The Bertz CT molecular complexity index is 452. The topological polar surface area (TPSA) is 26.3 Å². The molecular formula is C32H60O2.